The zero-order chi connectivity index (χ0) is 17.2. The summed E-state index contributed by atoms with van der Waals surface area (Å²) < 4.78 is 8.58. The fourth-order valence-corrected chi connectivity index (χ4v) is 3.46. The van der Waals surface area contributed by atoms with E-state index < -0.39 is 0 Å². The average Bonchev–Trinajstić information content (AvgIpc) is 3.20. The maximum atomic E-state index is 12.0. The minimum atomic E-state index is -0.347. The van der Waals surface area contributed by atoms with Crippen LogP contribution in [0.25, 0.3) is 16.8 Å². The molecule has 2 aromatic heterocycles. The first-order valence-corrected chi connectivity index (χ1v) is 8.77. The molecule has 0 unspecified atom stereocenters. The van der Waals surface area contributed by atoms with E-state index in [1.165, 1.54) is 11.8 Å². The fourth-order valence-electron chi connectivity index (χ4n) is 2.64. The van der Waals surface area contributed by atoms with Crippen molar-refractivity contribution in [2.75, 3.05) is 5.75 Å². The molecule has 7 nitrogen and oxygen atoms in total. The molecule has 2 heterocycles. The van der Waals surface area contributed by atoms with Crippen LogP contribution in [0.1, 0.15) is 5.56 Å². The van der Waals surface area contributed by atoms with E-state index in [1.54, 1.807) is 15.3 Å². The predicted octanol–water partition coefficient (Wildman–Crippen LogP) is 2.67. The Labute approximate surface area is 147 Å². The Kier molecular flexibility index (Phi) is 4.10. The number of nitrogens with zero attached hydrogens (tertiary/aromatic N) is 5. The van der Waals surface area contributed by atoms with E-state index in [0.29, 0.717) is 23.0 Å². The maximum absolute atomic E-state index is 12.0. The highest BCUT2D eigenvalue weighted by molar-refractivity contribution is 7.99. The molecule has 0 saturated heterocycles. The minimum Gasteiger partial charge on any atom is -0.408 e. The second-order valence-electron chi connectivity index (χ2n) is 5.55. The van der Waals surface area contributed by atoms with Gasteiger partial charge in [0, 0.05) is 12.3 Å². The molecule has 0 spiro atoms. The number of hydrogen-bond donors (Lipinski definition) is 0. The lowest BCUT2D eigenvalue weighted by molar-refractivity contribution is 0.514. The van der Waals surface area contributed by atoms with Crippen LogP contribution in [0.3, 0.4) is 0 Å². The van der Waals surface area contributed by atoms with Gasteiger partial charge in [-0.25, -0.2) is 4.79 Å². The van der Waals surface area contributed by atoms with Crippen molar-refractivity contribution in [1.82, 2.24) is 24.8 Å². The molecular weight excluding hydrogens is 338 g/mol. The van der Waals surface area contributed by atoms with Crippen molar-refractivity contribution < 1.29 is 4.42 Å². The lowest BCUT2D eigenvalue weighted by Gasteiger charge is -2.05. The van der Waals surface area contributed by atoms with E-state index in [-0.39, 0.29) is 5.76 Å². The number of aromatic nitrogens is 5. The van der Waals surface area contributed by atoms with Gasteiger partial charge in [0.1, 0.15) is 0 Å². The third-order valence-corrected chi connectivity index (χ3v) is 4.71. The molecule has 0 amide bonds. The van der Waals surface area contributed by atoms with Crippen molar-refractivity contribution >= 4 is 22.9 Å². The number of oxazole rings is 1. The lowest BCUT2D eigenvalue weighted by atomic mass is 10.2. The Hall–Kier alpha value is -2.87. The molecule has 2 aromatic carbocycles. The number of para-hydroxylation sites is 2. The van der Waals surface area contributed by atoms with E-state index in [9.17, 15) is 4.79 Å². The number of rotatable bonds is 5. The third kappa shape index (κ3) is 3.08. The summed E-state index contributed by atoms with van der Waals surface area (Å²) in [6.07, 6.45) is 0. The van der Waals surface area contributed by atoms with Crippen molar-refractivity contribution in [3.05, 3.63) is 64.6 Å². The molecular formula is C17H15N5O2S. The summed E-state index contributed by atoms with van der Waals surface area (Å²) in [7, 11) is 0. The Morgan fingerprint density at radius 2 is 2.04 bits per heavy atom. The van der Waals surface area contributed by atoms with E-state index in [2.05, 4.69) is 15.5 Å². The van der Waals surface area contributed by atoms with Gasteiger partial charge in [-0.15, -0.1) is 5.10 Å². The number of benzene rings is 2. The molecule has 0 aliphatic rings. The Morgan fingerprint density at radius 3 is 2.92 bits per heavy atom. The number of hydrogen-bond acceptors (Lipinski definition) is 6. The first-order valence-electron chi connectivity index (χ1n) is 7.79. The van der Waals surface area contributed by atoms with Crippen LogP contribution in [0.2, 0.25) is 0 Å². The largest absolute Gasteiger partial charge is 0.419 e. The quantitative estimate of drug-likeness (QED) is 0.513. The highest BCUT2D eigenvalue weighted by atomic mass is 32.2. The van der Waals surface area contributed by atoms with Gasteiger partial charge in [0.2, 0.25) is 5.16 Å². The van der Waals surface area contributed by atoms with Gasteiger partial charge in [-0.3, -0.25) is 4.57 Å². The molecule has 25 heavy (non-hydrogen) atoms. The van der Waals surface area contributed by atoms with Gasteiger partial charge in [0.25, 0.3) is 0 Å². The van der Waals surface area contributed by atoms with Crippen molar-refractivity contribution in [2.45, 2.75) is 18.6 Å². The van der Waals surface area contributed by atoms with Gasteiger partial charge in [-0.1, -0.05) is 36.0 Å². The second kappa shape index (κ2) is 6.56. The van der Waals surface area contributed by atoms with E-state index >= 15 is 0 Å². The Morgan fingerprint density at radius 1 is 1.16 bits per heavy atom. The van der Waals surface area contributed by atoms with Crippen LogP contribution in [0.15, 0.2) is 62.9 Å². The standard InChI is InChI=1S/C17H15N5O2S/c1-12-5-4-6-13(11-12)22-16(18-19-20-22)25-10-9-21-14-7-2-3-8-15(14)24-17(21)23/h2-8,11H,9-10H2,1H3. The topological polar surface area (TPSA) is 78.7 Å². The monoisotopic (exact) mass is 353 g/mol. The van der Waals surface area contributed by atoms with Crippen LogP contribution in [0, 0.1) is 6.92 Å². The van der Waals surface area contributed by atoms with E-state index in [1.807, 2.05) is 49.4 Å². The smallest absolute Gasteiger partial charge is 0.408 e. The number of aryl methyl sites for hydroxylation is 2. The normalized spacial score (nSPS) is 11.2. The minimum absolute atomic E-state index is 0.347. The SMILES string of the molecule is Cc1cccc(-n2nnnc2SCCn2c(=O)oc3ccccc32)c1. The van der Waals surface area contributed by atoms with Gasteiger partial charge >= 0.3 is 5.76 Å². The molecule has 0 bridgehead atoms. The number of thioether (sulfide) groups is 1. The van der Waals surface area contributed by atoms with Gasteiger partial charge < -0.3 is 4.42 Å². The molecule has 4 rings (SSSR count). The van der Waals surface area contributed by atoms with Gasteiger partial charge in [-0.2, -0.15) is 4.68 Å². The molecule has 4 aromatic rings. The summed E-state index contributed by atoms with van der Waals surface area (Å²) in [4.78, 5) is 12.0. The highest BCUT2D eigenvalue weighted by Gasteiger charge is 2.11. The van der Waals surface area contributed by atoms with E-state index in [0.717, 1.165) is 16.8 Å². The lowest BCUT2D eigenvalue weighted by Crippen LogP contribution is -2.15. The summed E-state index contributed by atoms with van der Waals surface area (Å²) in [6, 6.07) is 15.4. The Balaban J connectivity index is 1.52. The molecule has 126 valence electrons. The van der Waals surface area contributed by atoms with Gasteiger partial charge in [0.05, 0.1) is 11.2 Å². The molecule has 0 aliphatic carbocycles. The first kappa shape index (κ1) is 15.6. The van der Waals surface area contributed by atoms with Crippen LogP contribution < -0.4 is 5.76 Å². The predicted molar refractivity (Wildman–Crippen MR) is 95.1 cm³/mol. The van der Waals surface area contributed by atoms with Crippen molar-refractivity contribution in [1.29, 1.82) is 0 Å². The van der Waals surface area contributed by atoms with Crippen LogP contribution >= 0.6 is 11.8 Å². The molecule has 0 atom stereocenters. The average molecular weight is 353 g/mol. The maximum Gasteiger partial charge on any atom is 0.419 e. The van der Waals surface area contributed by atoms with Gasteiger partial charge in [-0.05, 0) is 47.2 Å². The van der Waals surface area contributed by atoms with Crippen LogP contribution in [0.4, 0.5) is 0 Å². The molecule has 0 aliphatic heterocycles. The summed E-state index contributed by atoms with van der Waals surface area (Å²) in [6.45, 7) is 2.54. The molecule has 0 fully saturated rings. The summed E-state index contributed by atoms with van der Waals surface area (Å²) in [5.41, 5.74) is 3.45. The summed E-state index contributed by atoms with van der Waals surface area (Å²) in [5.74, 6) is 0.301. The third-order valence-electron chi connectivity index (χ3n) is 3.81. The van der Waals surface area contributed by atoms with Crippen LogP contribution in [0.5, 0.6) is 0 Å². The zero-order valence-electron chi connectivity index (χ0n) is 13.5. The zero-order valence-corrected chi connectivity index (χ0v) is 14.3. The fraction of sp³-hybridized carbons (Fsp3) is 0.176. The molecule has 0 N–H and O–H groups in total. The molecule has 0 saturated carbocycles. The molecule has 0 radical (unpaired) electrons. The van der Waals surface area contributed by atoms with Gasteiger partial charge in [0.15, 0.2) is 5.58 Å². The van der Waals surface area contributed by atoms with Crippen LogP contribution in [-0.2, 0) is 6.54 Å². The first-order chi connectivity index (χ1) is 12.2. The Bertz CT molecular complexity index is 1080. The van der Waals surface area contributed by atoms with Crippen molar-refractivity contribution in [2.24, 2.45) is 0 Å². The van der Waals surface area contributed by atoms with Crippen LogP contribution in [-0.4, -0.2) is 30.5 Å². The number of tetrazole rings is 1. The summed E-state index contributed by atoms with van der Waals surface area (Å²) in [5, 5.41) is 12.6. The highest BCUT2D eigenvalue weighted by Crippen LogP contribution is 2.20. The van der Waals surface area contributed by atoms with Crippen molar-refractivity contribution in [3.63, 3.8) is 0 Å². The van der Waals surface area contributed by atoms with Crippen molar-refractivity contribution in [3.8, 4) is 5.69 Å². The molecule has 8 heteroatoms. The number of fused-ring (bicyclic) bond motifs is 1. The van der Waals surface area contributed by atoms with E-state index in [4.69, 9.17) is 4.42 Å². The summed E-state index contributed by atoms with van der Waals surface area (Å²) >= 11 is 1.50. The second-order valence-corrected chi connectivity index (χ2v) is 6.61.